The molecule has 2 amide bonds. The molecule has 0 N–H and O–H groups in total. The lowest BCUT2D eigenvalue weighted by Gasteiger charge is -2.33. The summed E-state index contributed by atoms with van der Waals surface area (Å²) in [6.45, 7) is 3.72. The van der Waals surface area contributed by atoms with E-state index in [1.807, 2.05) is 0 Å². The molecule has 2 aromatic carbocycles. The molecule has 0 aliphatic carbocycles. The second kappa shape index (κ2) is 5.64. The predicted octanol–water partition coefficient (Wildman–Crippen LogP) is 2.79. The van der Waals surface area contributed by atoms with Gasteiger partial charge in [-0.3, -0.25) is 14.4 Å². The molecule has 3 heterocycles. The Morgan fingerprint density at radius 3 is 2.69 bits per heavy atom. The molecule has 0 saturated carbocycles. The molecular weight excluding hydrogens is 375 g/mol. The highest BCUT2D eigenvalue weighted by atomic mass is 19.1. The van der Waals surface area contributed by atoms with Gasteiger partial charge in [0.15, 0.2) is 11.0 Å². The minimum atomic E-state index is -1.67. The van der Waals surface area contributed by atoms with Gasteiger partial charge in [-0.2, -0.15) is 0 Å². The van der Waals surface area contributed by atoms with Crippen molar-refractivity contribution in [1.82, 2.24) is 4.90 Å². The number of hydrogen-bond acceptors (Lipinski definition) is 4. The largest absolute Gasteiger partial charge is 0.450 e. The summed E-state index contributed by atoms with van der Waals surface area (Å²) < 4.78 is 19.6. The monoisotopic (exact) mass is 390 g/mol. The highest BCUT2D eigenvalue weighted by molar-refractivity contribution is 6.16. The Morgan fingerprint density at radius 2 is 1.93 bits per heavy atom. The van der Waals surface area contributed by atoms with Crippen molar-refractivity contribution in [2.24, 2.45) is 0 Å². The fourth-order valence-corrected chi connectivity index (χ4v) is 4.45. The van der Waals surface area contributed by atoms with E-state index in [4.69, 9.17) is 4.42 Å². The molecule has 0 saturated heterocycles. The molecule has 2 aliphatic heterocycles. The zero-order valence-corrected chi connectivity index (χ0v) is 15.4. The van der Waals surface area contributed by atoms with Gasteiger partial charge < -0.3 is 14.2 Å². The average Bonchev–Trinajstić information content (AvgIpc) is 3.09. The Kier molecular flexibility index (Phi) is 3.37. The van der Waals surface area contributed by atoms with E-state index in [1.54, 1.807) is 31.3 Å². The number of nitrogens with zero attached hydrogens (tertiary/aromatic N) is 2. The van der Waals surface area contributed by atoms with Crippen LogP contribution in [0, 0.1) is 5.82 Å². The molecule has 1 spiro atoms. The summed E-state index contributed by atoms with van der Waals surface area (Å²) >= 11 is 0. The van der Waals surface area contributed by atoms with Gasteiger partial charge in [0.05, 0.1) is 10.9 Å². The van der Waals surface area contributed by atoms with E-state index in [1.165, 1.54) is 21.9 Å². The first-order chi connectivity index (χ1) is 13.9. The van der Waals surface area contributed by atoms with Crippen LogP contribution in [0.15, 0.2) is 64.3 Å². The Labute approximate surface area is 164 Å². The van der Waals surface area contributed by atoms with Gasteiger partial charge in [0.1, 0.15) is 11.4 Å². The third-order valence-corrected chi connectivity index (χ3v) is 5.64. The minimum absolute atomic E-state index is 0.0174. The summed E-state index contributed by atoms with van der Waals surface area (Å²) in [7, 11) is 1.59. The van der Waals surface area contributed by atoms with Crippen molar-refractivity contribution >= 4 is 28.5 Å². The summed E-state index contributed by atoms with van der Waals surface area (Å²) in [5, 5.41) is -0.0174. The number of para-hydroxylation sites is 1. The first-order valence-electron chi connectivity index (χ1n) is 9.00. The molecule has 5 rings (SSSR count). The van der Waals surface area contributed by atoms with Crippen LogP contribution >= 0.6 is 0 Å². The SMILES string of the molecule is C=CCN1C(=O)c2oc3ccc(F)cc3c(=O)c2[C@@]12C(=O)N(C)c1ccccc12. The normalized spacial score (nSPS) is 19.9. The molecule has 1 aromatic heterocycles. The zero-order chi connectivity index (χ0) is 20.5. The van der Waals surface area contributed by atoms with E-state index >= 15 is 0 Å². The van der Waals surface area contributed by atoms with Crippen molar-refractivity contribution < 1.29 is 18.4 Å². The lowest BCUT2D eigenvalue weighted by molar-refractivity contribution is -0.125. The number of halogens is 1. The molecule has 6 nitrogen and oxygen atoms in total. The maximum atomic E-state index is 13.8. The number of carbonyl (C=O) groups excluding carboxylic acids is 2. The van der Waals surface area contributed by atoms with E-state index in [0.717, 1.165) is 12.1 Å². The molecule has 0 fully saturated rings. The van der Waals surface area contributed by atoms with E-state index in [-0.39, 0.29) is 28.8 Å². The van der Waals surface area contributed by atoms with E-state index in [0.29, 0.717) is 11.3 Å². The first-order valence-corrected chi connectivity index (χ1v) is 9.00. The Morgan fingerprint density at radius 1 is 1.17 bits per heavy atom. The summed E-state index contributed by atoms with van der Waals surface area (Å²) in [6.07, 6.45) is 1.49. The topological polar surface area (TPSA) is 70.8 Å². The molecule has 29 heavy (non-hydrogen) atoms. The maximum Gasteiger partial charge on any atom is 0.291 e. The first kappa shape index (κ1) is 17.4. The number of benzene rings is 2. The Balaban J connectivity index is 1.98. The molecule has 1 atom stereocenters. The lowest BCUT2D eigenvalue weighted by Crippen LogP contribution is -2.52. The maximum absolute atomic E-state index is 13.8. The highest BCUT2D eigenvalue weighted by Gasteiger charge is 2.64. The van der Waals surface area contributed by atoms with Crippen LogP contribution in [0.5, 0.6) is 0 Å². The molecule has 7 heteroatoms. The summed E-state index contributed by atoms with van der Waals surface area (Å²) in [4.78, 5) is 43.1. The minimum Gasteiger partial charge on any atom is -0.450 e. The van der Waals surface area contributed by atoms with Gasteiger partial charge in [-0.15, -0.1) is 6.58 Å². The molecule has 0 unspecified atom stereocenters. The van der Waals surface area contributed by atoms with Gasteiger partial charge in [-0.1, -0.05) is 24.3 Å². The van der Waals surface area contributed by atoms with Crippen molar-refractivity contribution in [3.8, 4) is 0 Å². The molecule has 0 radical (unpaired) electrons. The van der Waals surface area contributed by atoms with Crippen molar-refractivity contribution in [3.63, 3.8) is 0 Å². The molecular formula is C22H15FN2O4. The van der Waals surface area contributed by atoms with Gasteiger partial charge in [-0.25, -0.2) is 4.39 Å². The Hall–Kier alpha value is -3.74. The van der Waals surface area contributed by atoms with Crippen LogP contribution in [0.1, 0.15) is 21.7 Å². The van der Waals surface area contributed by atoms with Crippen LogP contribution in [0.4, 0.5) is 10.1 Å². The number of likely N-dealkylation sites (N-methyl/N-ethyl adjacent to an activating group) is 1. The molecule has 144 valence electrons. The standard InChI is InChI=1S/C22H15FN2O4/c1-3-10-25-20(27)19-17(18(26)13-11-12(23)8-9-16(13)29-19)22(25)14-6-4-5-7-15(14)24(2)21(22)28/h3-9,11H,1,10H2,2H3/t22-/m0/s1. The third kappa shape index (κ3) is 1.91. The van der Waals surface area contributed by atoms with Crippen molar-refractivity contribution in [1.29, 1.82) is 0 Å². The second-order valence-corrected chi connectivity index (χ2v) is 7.07. The van der Waals surface area contributed by atoms with Crippen LogP contribution in [-0.2, 0) is 10.3 Å². The average molecular weight is 390 g/mol. The summed E-state index contributed by atoms with van der Waals surface area (Å²) in [6, 6.07) is 10.5. The molecule has 0 bridgehead atoms. The fraction of sp³-hybridized carbons (Fsp3) is 0.136. The van der Waals surface area contributed by atoms with E-state index in [9.17, 15) is 18.8 Å². The van der Waals surface area contributed by atoms with Gasteiger partial charge in [-0.05, 0) is 24.3 Å². The number of amides is 2. The smallest absolute Gasteiger partial charge is 0.291 e. The second-order valence-electron chi connectivity index (χ2n) is 7.07. The van der Waals surface area contributed by atoms with Crippen LogP contribution in [0.3, 0.4) is 0 Å². The number of anilines is 1. The van der Waals surface area contributed by atoms with E-state index in [2.05, 4.69) is 6.58 Å². The lowest BCUT2D eigenvalue weighted by atomic mass is 9.84. The molecule has 2 aliphatic rings. The number of carbonyl (C=O) groups is 2. The zero-order valence-electron chi connectivity index (χ0n) is 15.4. The van der Waals surface area contributed by atoms with Crippen LogP contribution in [-0.4, -0.2) is 30.3 Å². The third-order valence-electron chi connectivity index (χ3n) is 5.64. The van der Waals surface area contributed by atoms with Crippen molar-refractivity contribution in [3.05, 3.63) is 88.0 Å². The highest BCUT2D eigenvalue weighted by Crippen LogP contribution is 2.51. The Bertz CT molecular complexity index is 1310. The van der Waals surface area contributed by atoms with Gasteiger partial charge in [0.25, 0.3) is 11.8 Å². The number of fused-ring (bicyclic) bond motifs is 5. The van der Waals surface area contributed by atoms with Gasteiger partial charge >= 0.3 is 0 Å². The van der Waals surface area contributed by atoms with Crippen LogP contribution < -0.4 is 10.3 Å². The van der Waals surface area contributed by atoms with Crippen molar-refractivity contribution in [2.75, 3.05) is 18.5 Å². The summed E-state index contributed by atoms with van der Waals surface area (Å²) in [5.41, 5.74) is -1.17. The molecule has 3 aromatic rings. The van der Waals surface area contributed by atoms with Crippen LogP contribution in [0.25, 0.3) is 11.0 Å². The number of rotatable bonds is 2. The summed E-state index contributed by atoms with van der Waals surface area (Å²) in [5.74, 6) is -1.84. The van der Waals surface area contributed by atoms with Crippen LogP contribution in [0.2, 0.25) is 0 Å². The fourth-order valence-electron chi connectivity index (χ4n) is 4.45. The van der Waals surface area contributed by atoms with Crippen molar-refractivity contribution in [2.45, 2.75) is 5.54 Å². The predicted molar refractivity (Wildman–Crippen MR) is 104 cm³/mol. The van der Waals surface area contributed by atoms with Gasteiger partial charge in [0.2, 0.25) is 5.76 Å². The van der Waals surface area contributed by atoms with Gasteiger partial charge in [0, 0.05) is 24.8 Å². The van der Waals surface area contributed by atoms with E-state index < -0.39 is 28.6 Å². The quantitative estimate of drug-likeness (QED) is 0.631. The number of hydrogen-bond donors (Lipinski definition) is 0.